The van der Waals surface area contributed by atoms with Crippen molar-refractivity contribution in [1.29, 1.82) is 0 Å². The molecule has 102 valence electrons. The lowest BCUT2D eigenvalue weighted by Gasteiger charge is -2.25. The van der Waals surface area contributed by atoms with Crippen molar-refractivity contribution in [1.82, 2.24) is 5.32 Å². The van der Waals surface area contributed by atoms with Gasteiger partial charge < -0.3 is 10.1 Å². The number of rotatable bonds is 6. The topological polar surface area (TPSA) is 21.3 Å². The van der Waals surface area contributed by atoms with Gasteiger partial charge in [0.1, 0.15) is 17.7 Å². The SMILES string of the molecule is Cc1cc(F)ccc1OC(CNC(C)C)C(C)C. The summed E-state index contributed by atoms with van der Waals surface area (Å²) in [6.45, 7) is 11.1. The van der Waals surface area contributed by atoms with Gasteiger partial charge in [-0.05, 0) is 36.6 Å². The van der Waals surface area contributed by atoms with Gasteiger partial charge in [0.25, 0.3) is 0 Å². The van der Waals surface area contributed by atoms with Gasteiger partial charge in [-0.25, -0.2) is 4.39 Å². The molecule has 1 N–H and O–H groups in total. The lowest BCUT2D eigenvalue weighted by atomic mass is 10.1. The van der Waals surface area contributed by atoms with Crippen LogP contribution in [0.5, 0.6) is 5.75 Å². The van der Waals surface area contributed by atoms with Crippen molar-refractivity contribution in [3.8, 4) is 5.75 Å². The van der Waals surface area contributed by atoms with Crippen LogP contribution in [0.2, 0.25) is 0 Å². The molecule has 3 heteroatoms. The molecule has 0 aliphatic rings. The van der Waals surface area contributed by atoms with Gasteiger partial charge in [-0.1, -0.05) is 27.7 Å². The Hall–Kier alpha value is -1.09. The molecule has 1 aromatic carbocycles. The molecule has 1 unspecified atom stereocenters. The Bertz CT molecular complexity index is 377. The predicted molar refractivity (Wildman–Crippen MR) is 73.5 cm³/mol. The quantitative estimate of drug-likeness (QED) is 0.837. The van der Waals surface area contributed by atoms with E-state index in [9.17, 15) is 4.39 Å². The van der Waals surface area contributed by atoms with Gasteiger partial charge in [0.05, 0.1) is 0 Å². The zero-order valence-corrected chi connectivity index (χ0v) is 12.0. The lowest BCUT2D eigenvalue weighted by molar-refractivity contribution is 0.145. The Morgan fingerprint density at radius 3 is 2.39 bits per heavy atom. The molecular weight excluding hydrogens is 229 g/mol. The summed E-state index contributed by atoms with van der Waals surface area (Å²) in [7, 11) is 0. The third kappa shape index (κ3) is 4.65. The number of hydrogen-bond donors (Lipinski definition) is 1. The first-order chi connectivity index (χ1) is 8.40. The first-order valence-corrected chi connectivity index (χ1v) is 6.56. The van der Waals surface area contributed by atoms with Gasteiger partial charge in [0.2, 0.25) is 0 Å². The first kappa shape index (κ1) is 15.0. The minimum Gasteiger partial charge on any atom is -0.489 e. The molecule has 1 atom stereocenters. The van der Waals surface area contributed by atoms with Crippen LogP contribution in [0.3, 0.4) is 0 Å². The van der Waals surface area contributed by atoms with Crippen molar-refractivity contribution in [3.63, 3.8) is 0 Å². The van der Waals surface area contributed by atoms with Crippen molar-refractivity contribution in [2.75, 3.05) is 6.54 Å². The van der Waals surface area contributed by atoms with Crippen molar-refractivity contribution < 1.29 is 9.13 Å². The number of aryl methyl sites for hydroxylation is 1. The number of hydrogen-bond acceptors (Lipinski definition) is 2. The second-order valence-electron chi connectivity index (χ2n) is 5.37. The van der Waals surface area contributed by atoms with Crippen LogP contribution in [-0.4, -0.2) is 18.7 Å². The maximum Gasteiger partial charge on any atom is 0.123 e. The predicted octanol–water partition coefficient (Wildman–Crippen LogP) is 3.54. The van der Waals surface area contributed by atoms with E-state index in [2.05, 4.69) is 33.0 Å². The Morgan fingerprint density at radius 2 is 1.89 bits per heavy atom. The molecule has 0 bridgehead atoms. The molecule has 18 heavy (non-hydrogen) atoms. The van der Waals surface area contributed by atoms with E-state index in [0.29, 0.717) is 12.0 Å². The van der Waals surface area contributed by atoms with Crippen LogP contribution in [0, 0.1) is 18.7 Å². The highest BCUT2D eigenvalue weighted by molar-refractivity contribution is 5.32. The number of ether oxygens (including phenoxy) is 1. The van der Waals surface area contributed by atoms with Gasteiger partial charge in [-0.15, -0.1) is 0 Å². The van der Waals surface area contributed by atoms with E-state index in [-0.39, 0.29) is 11.9 Å². The Balaban J connectivity index is 2.70. The van der Waals surface area contributed by atoms with Crippen molar-refractivity contribution in [2.45, 2.75) is 46.8 Å². The summed E-state index contributed by atoms with van der Waals surface area (Å²) in [6.07, 6.45) is 0.0940. The number of halogens is 1. The molecule has 0 aliphatic carbocycles. The molecule has 0 saturated heterocycles. The number of benzene rings is 1. The van der Waals surface area contributed by atoms with Crippen LogP contribution >= 0.6 is 0 Å². The Labute approximate surface area is 110 Å². The molecule has 0 aliphatic heterocycles. The van der Waals surface area contributed by atoms with Crippen LogP contribution in [0.25, 0.3) is 0 Å². The van der Waals surface area contributed by atoms with Crippen LogP contribution < -0.4 is 10.1 Å². The number of nitrogens with one attached hydrogen (secondary N) is 1. The van der Waals surface area contributed by atoms with E-state index in [4.69, 9.17) is 4.74 Å². The largest absolute Gasteiger partial charge is 0.489 e. The zero-order chi connectivity index (χ0) is 13.7. The molecule has 0 fully saturated rings. The summed E-state index contributed by atoms with van der Waals surface area (Å²) in [5, 5.41) is 3.38. The summed E-state index contributed by atoms with van der Waals surface area (Å²) in [4.78, 5) is 0. The van der Waals surface area contributed by atoms with E-state index in [1.807, 2.05) is 6.92 Å². The normalized spacial score (nSPS) is 13.1. The van der Waals surface area contributed by atoms with Crippen LogP contribution in [0.15, 0.2) is 18.2 Å². The molecule has 0 saturated carbocycles. The Morgan fingerprint density at radius 1 is 1.22 bits per heavy atom. The van der Waals surface area contributed by atoms with Gasteiger partial charge in [-0.3, -0.25) is 0 Å². The first-order valence-electron chi connectivity index (χ1n) is 6.56. The minimum atomic E-state index is -0.221. The highest BCUT2D eigenvalue weighted by Gasteiger charge is 2.16. The fraction of sp³-hybridized carbons (Fsp3) is 0.600. The molecule has 0 aromatic heterocycles. The van der Waals surface area contributed by atoms with Gasteiger partial charge in [0.15, 0.2) is 0 Å². The Kier molecular flexibility index (Phi) is 5.60. The van der Waals surface area contributed by atoms with Crippen molar-refractivity contribution in [2.24, 2.45) is 5.92 Å². The third-order valence-corrected chi connectivity index (χ3v) is 2.89. The highest BCUT2D eigenvalue weighted by atomic mass is 19.1. The fourth-order valence-electron chi connectivity index (χ4n) is 1.67. The van der Waals surface area contributed by atoms with Crippen molar-refractivity contribution in [3.05, 3.63) is 29.6 Å². The second kappa shape index (κ2) is 6.74. The molecule has 1 rings (SSSR count). The van der Waals surface area contributed by atoms with Crippen LogP contribution in [-0.2, 0) is 0 Å². The molecule has 2 nitrogen and oxygen atoms in total. The monoisotopic (exact) mass is 253 g/mol. The molecule has 1 aromatic rings. The lowest BCUT2D eigenvalue weighted by Crippen LogP contribution is -2.38. The van der Waals surface area contributed by atoms with Gasteiger partial charge in [0, 0.05) is 12.6 Å². The van der Waals surface area contributed by atoms with E-state index < -0.39 is 0 Å². The average molecular weight is 253 g/mol. The van der Waals surface area contributed by atoms with E-state index in [0.717, 1.165) is 17.9 Å². The zero-order valence-electron chi connectivity index (χ0n) is 12.0. The van der Waals surface area contributed by atoms with Crippen molar-refractivity contribution >= 4 is 0 Å². The summed E-state index contributed by atoms with van der Waals surface area (Å²) in [5.74, 6) is 0.947. The smallest absolute Gasteiger partial charge is 0.123 e. The minimum absolute atomic E-state index is 0.0940. The second-order valence-corrected chi connectivity index (χ2v) is 5.37. The standard InChI is InChI=1S/C15H24FNO/c1-10(2)15(9-17-11(3)4)18-14-7-6-13(16)8-12(14)5/h6-8,10-11,15,17H,9H2,1-5H3. The molecule has 0 radical (unpaired) electrons. The van der Waals surface area contributed by atoms with E-state index in [1.54, 1.807) is 6.07 Å². The molecule has 0 heterocycles. The van der Waals surface area contributed by atoms with E-state index >= 15 is 0 Å². The molecular formula is C15H24FNO. The van der Waals surface area contributed by atoms with Crippen LogP contribution in [0.4, 0.5) is 4.39 Å². The van der Waals surface area contributed by atoms with Gasteiger partial charge in [-0.2, -0.15) is 0 Å². The summed E-state index contributed by atoms with van der Waals surface area (Å²) in [5.41, 5.74) is 0.838. The van der Waals surface area contributed by atoms with Crippen LogP contribution in [0.1, 0.15) is 33.3 Å². The highest BCUT2D eigenvalue weighted by Crippen LogP contribution is 2.21. The van der Waals surface area contributed by atoms with Gasteiger partial charge >= 0.3 is 0 Å². The molecule has 0 spiro atoms. The fourth-order valence-corrected chi connectivity index (χ4v) is 1.67. The maximum absolute atomic E-state index is 13.0. The summed E-state index contributed by atoms with van der Waals surface area (Å²) >= 11 is 0. The third-order valence-electron chi connectivity index (χ3n) is 2.89. The summed E-state index contributed by atoms with van der Waals surface area (Å²) < 4.78 is 19.0. The average Bonchev–Trinajstić information content (AvgIpc) is 2.26. The summed E-state index contributed by atoms with van der Waals surface area (Å²) in [6, 6.07) is 5.08. The maximum atomic E-state index is 13.0. The van der Waals surface area contributed by atoms with E-state index in [1.165, 1.54) is 12.1 Å². The molecule has 0 amide bonds.